The molecule has 0 saturated carbocycles. The van der Waals surface area contributed by atoms with Crippen LogP contribution >= 0.6 is 0 Å². The van der Waals surface area contributed by atoms with Crippen LogP contribution in [0, 0.1) is 10.1 Å². The van der Waals surface area contributed by atoms with Gasteiger partial charge in [-0.1, -0.05) is 42.5 Å². The van der Waals surface area contributed by atoms with Crippen LogP contribution in [0.4, 0.5) is 11.4 Å². The second-order valence-electron chi connectivity index (χ2n) is 6.40. The van der Waals surface area contributed by atoms with Crippen molar-refractivity contribution < 1.29 is 19.6 Å². The summed E-state index contributed by atoms with van der Waals surface area (Å²) in [6.45, 7) is 0. The molecule has 0 bridgehead atoms. The molecule has 1 atom stereocenters. The molecule has 7 heteroatoms. The first kappa shape index (κ1) is 19.8. The molecule has 0 aliphatic heterocycles. The number of nitrogens with zero attached hydrogens (tertiary/aromatic N) is 1. The SMILES string of the molecule is O=C([O-])c1ccc(NC(CC(=O)c2ccc([N+](=O)[O-])cc2)c2ccccc2)cc1. The van der Waals surface area contributed by atoms with Gasteiger partial charge in [-0.15, -0.1) is 0 Å². The Labute approximate surface area is 166 Å². The molecule has 1 N–H and O–H groups in total. The highest BCUT2D eigenvalue weighted by atomic mass is 16.6. The number of ketones is 1. The van der Waals surface area contributed by atoms with E-state index in [-0.39, 0.29) is 29.5 Å². The van der Waals surface area contributed by atoms with Gasteiger partial charge in [0.15, 0.2) is 5.78 Å². The summed E-state index contributed by atoms with van der Waals surface area (Å²) in [5.41, 5.74) is 1.90. The molecular weight excluding hydrogens is 372 g/mol. The van der Waals surface area contributed by atoms with Crippen molar-refractivity contribution in [2.24, 2.45) is 0 Å². The molecule has 3 aromatic rings. The van der Waals surface area contributed by atoms with Gasteiger partial charge in [-0.25, -0.2) is 0 Å². The number of carbonyl (C=O) groups excluding carboxylic acids is 2. The highest BCUT2D eigenvalue weighted by Gasteiger charge is 2.18. The van der Waals surface area contributed by atoms with Crippen LogP contribution in [-0.2, 0) is 0 Å². The van der Waals surface area contributed by atoms with Gasteiger partial charge in [-0.3, -0.25) is 14.9 Å². The number of aromatic carboxylic acids is 1. The molecule has 0 saturated heterocycles. The Morgan fingerprint density at radius 1 is 0.862 bits per heavy atom. The van der Waals surface area contributed by atoms with Crippen LogP contribution in [0.15, 0.2) is 78.9 Å². The number of nitrogens with one attached hydrogen (secondary N) is 1. The molecule has 29 heavy (non-hydrogen) atoms. The number of carbonyl (C=O) groups is 2. The lowest BCUT2D eigenvalue weighted by Gasteiger charge is -2.20. The van der Waals surface area contributed by atoms with Crippen molar-refractivity contribution in [1.82, 2.24) is 0 Å². The summed E-state index contributed by atoms with van der Waals surface area (Å²) < 4.78 is 0. The van der Waals surface area contributed by atoms with Crippen molar-refractivity contribution in [2.75, 3.05) is 5.32 Å². The first-order valence-corrected chi connectivity index (χ1v) is 8.84. The number of nitro benzene ring substituents is 1. The summed E-state index contributed by atoms with van der Waals surface area (Å²) in [5, 5.41) is 24.9. The van der Waals surface area contributed by atoms with E-state index in [1.54, 1.807) is 12.1 Å². The minimum atomic E-state index is -1.26. The van der Waals surface area contributed by atoms with E-state index in [1.807, 2.05) is 30.3 Å². The van der Waals surface area contributed by atoms with E-state index in [1.165, 1.54) is 36.4 Å². The number of anilines is 1. The van der Waals surface area contributed by atoms with Gasteiger partial charge < -0.3 is 15.2 Å². The van der Waals surface area contributed by atoms with E-state index in [0.29, 0.717) is 11.3 Å². The molecule has 0 heterocycles. The Hall–Kier alpha value is -4.00. The number of Topliss-reactive ketones (excluding diaryl/α,β-unsaturated/α-hetero) is 1. The molecule has 0 amide bonds. The number of hydrogen-bond acceptors (Lipinski definition) is 6. The van der Waals surface area contributed by atoms with E-state index in [0.717, 1.165) is 5.56 Å². The van der Waals surface area contributed by atoms with E-state index in [9.17, 15) is 24.8 Å². The first-order valence-electron chi connectivity index (χ1n) is 8.84. The number of nitro groups is 1. The molecule has 0 aliphatic carbocycles. The van der Waals surface area contributed by atoms with Crippen LogP contribution < -0.4 is 10.4 Å². The molecule has 0 fully saturated rings. The minimum Gasteiger partial charge on any atom is -0.545 e. The van der Waals surface area contributed by atoms with Crippen molar-refractivity contribution in [3.8, 4) is 0 Å². The maximum atomic E-state index is 12.7. The molecule has 0 radical (unpaired) electrons. The van der Waals surface area contributed by atoms with Crippen LogP contribution in [0.3, 0.4) is 0 Å². The zero-order chi connectivity index (χ0) is 20.8. The maximum Gasteiger partial charge on any atom is 0.269 e. The van der Waals surface area contributed by atoms with Gasteiger partial charge in [-0.2, -0.15) is 0 Å². The Morgan fingerprint density at radius 3 is 2.00 bits per heavy atom. The van der Waals surface area contributed by atoms with Gasteiger partial charge in [-0.05, 0) is 35.4 Å². The highest BCUT2D eigenvalue weighted by Crippen LogP contribution is 2.25. The van der Waals surface area contributed by atoms with Gasteiger partial charge in [0.25, 0.3) is 5.69 Å². The van der Waals surface area contributed by atoms with Gasteiger partial charge in [0.1, 0.15) is 0 Å². The van der Waals surface area contributed by atoms with Crippen molar-refractivity contribution in [2.45, 2.75) is 12.5 Å². The maximum absolute atomic E-state index is 12.7. The average molecular weight is 389 g/mol. The molecule has 7 nitrogen and oxygen atoms in total. The first-order chi connectivity index (χ1) is 13.9. The molecule has 0 spiro atoms. The van der Waals surface area contributed by atoms with E-state index < -0.39 is 10.9 Å². The molecular formula is C22H17N2O5-. The Morgan fingerprint density at radius 2 is 1.45 bits per heavy atom. The van der Waals surface area contributed by atoms with E-state index in [2.05, 4.69) is 5.32 Å². The average Bonchev–Trinajstić information content (AvgIpc) is 2.74. The predicted octanol–water partition coefficient (Wildman–Crippen LogP) is 3.38. The van der Waals surface area contributed by atoms with Crippen molar-refractivity contribution in [1.29, 1.82) is 0 Å². The van der Waals surface area contributed by atoms with Gasteiger partial charge in [0, 0.05) is 29.8 Å². The summed E-state index contributed by atoms with van der Waals surface area (Å²) in [4.78, 5) is 33.9. The monoisotopic (exact) mass is 389 g/mol. The predicted molar refractivity (Wildman–Crippen MR) is 106 cm³/mol. The zero-order valence-electron chi connectivity index (χ0n) is 15.3. The normalized spacial score (nSPS) is 11.4. The van der Waals surface area contributed by atoms with Crippen molar-refractivity contribution >= 4 is 23.1 Å². The quantitative estimate of drug-likeness (QED) is 0.359. The second-order valence-corrected chi connectivity index (χ2v) is 6.40. The molecule has 146 valence electrons. The fourth-order valence-corrected chi connectivity index (χ4v) is 2.91. The minimum absolute atomic E-state index is 0.0637. The Balaban J connectivity index is 1.81. The smallest absolute Gasteiger partial charge is 0.269 e. The third kappa shape index (κ3) is 5.04. The summed E-state index contributed by atoms with van der Waals surface area (Å²) in [5.74, 6) is -1.43. The van der Waals surface area contributed by atoms with Gasteiger partial charge >= 0.3 is 0 Å². The van der Waals surface area contributed by atoms with Crippen LogP contribution in [0.2, 0.25) is 0 Å². The summed E-state index contributed by atoms with van der Waals surface area (Å²) >= 11 is 0. The molecule has 0 aliphatic rings. The molecule has 0 aromatic heterocycles. The fourth-order valence-electron chi connectivity index (χ4n) is 2.91. The number of benzene rings is 3. The molecule has 3 rings (SSSR count). The van der Waals surface area contributed by atoms with Crippen LogP contribution in [0.5, 0.6) is 0 Å². The second kappa shape index (κ2) is 8.79. The van der Waals surface area contributed by atoms with Crippen molar-refractivity contribution in [3.05, 3.63) is 106 Å². The Bertz CT molecular complexity index is 1020. The van der Waals surface area contributed by atoms with Crippen molar-refractivity contribution in [3.63, 3.8) is 0 Å². The molecule has 3 aromatic carbocycles. The molecule has 1 unspecified atom stereocenters. The van der Waals surface area contributed by atoms with Crippen LogP contribution in [0.1, 0.15) is 38.7 Å². The third-order valence-corrected chi connectivity index (χ3v) is 4.45. The Kier molecular flexibility index (Phi) is 5.99. The van der Waals surface area contributed by atoms with E-state index in [4.69, 9.17) is 0 Å². The summed E-state index contributed by atoms with van der Waals surface area (Å²) in [6, 6.07) is 20.6. The van der Waals surface area contributed by atoms with Gasteiger partial charge in [0.2, 0.25) is 0 Å². The van der Waals surface area contributed by atoms with Crippen LogP contribution in [-0.4, -0.2) is 16.7 Å². The standard InChI is InChI=1S/C22H18N2O5/c25-21(16-8-12-19(13-9-16)24(28)29)14-20(15-4-2-1-3-5-15)23-18-10-6-17(7-11-18)22(26)27/h1-13,20,23H,14H2,(H,26,27)/p-1. The topological polar surface area (TPSA) is 112 Å². The number of hydrogen-bond donors (Lipinski definition) is 1. The van der Waals surface area contributed by atoms with E-state index >= 15 is 0 Å². The summed E-state index contributed by atoms with van der Waals surface area (Å²) in [7, 11) is 0. The number of non-ortho nitro benzene ring substituents is 1. The number of rotatable bonds is 8. The largest absolute Gasteiger partial charge is 0.545 e. The summed E-state index contributed by atoms with van der Waals surface area (Å²) in [6.07, 6.45) is 0.115. The fraction of sp³-hybridized carbons (Fsp3) is 0.0909. The lowest BCUT2D eigenvalue weighted by molar-refractivity contribution is -0.384. The van der Waals surface area contributed by atoms with Crippen LogP contribution in [0.25, 0.3) is 0 Å². The zero-order valence-corrected chi connectivity index (χ0v) is 15.3. The van der Waals surface area contributed by atoms with Gasteiger partial charge in [0.05, 0.1) is 16.9 Å². The lowest BCUT2D eigenvalue weighted by atomic mass is 9.97. The number of carboxylic acid groups (broad SMARTS) is 1. The highest BCUT2D eigenvalue weighted by molar-refractivity contribution is 5.97. The third-order valence-electron chi connectivity index (χ3n) is 4.45. The lowest BCUT2D eigenvalue weighted by Crippen LogP contribution is -2.22. The number of carboxylic acids is 1.